The molecular weight excluding hydrogens is 1700 g/mol. The Morgan fingerprint density at radius 3 is 1.27 bits per heavy atom. The zero-order valence-electron chi connectivity index (χ0n) is 68.7. The Bertz CT molecular complexity index is 4720. The van der Waals surface area contributed by atoms with Crippen LogP contribution < -0.4 is 46.3 Å². The van der Waals surface area contributed by atoms with E-state index in [1.165, 1.54) is 31.3 Å². The van der Waals surface area contributed by atoms with Gasteiger partial charge in [0.05, 0.1) is 69.9 Å². The Morgan fingerprint density at radius 2 is 0.878 bits per heavy atom. The molecule has 2 atom stereocenters. The van der Waals surface area contributed by atoms with Crippen molar-refractivity contribution < 1.29 is 85.8 Å². The summed E-state index contributed by atoms with van der Waals surface area (Å²) in [7, 11) is 2.42. The number of carbonyl (C=O) groups excluding carboxylic acids is 10. The van der Waals surface area contributed by atoms with E-state index in [0.717, 1.165) is 33.7 Å². The molecule has 2 aliphatic rings. The Kier molecular flexibility index (Phi) is 45.7. The second kappa shape index (κ2) is 50.9. The zero-order valence-corrected chi connectivity index (χ0v) is 73.8. The first kappa shape index (κ1) is 110. The number of carbonyl (C=O) groups is 10. The van der Waals surface area contributed by atoms with E-state index in [-0.39, 0.29) is 156 Å². The number of esters is 2. The van der Waals surface area contributed by atoms with E-state index in [2.05, 4.69) is 41.3 Å². The minimum absolute atomic E-state index is 0. The van der Waals surface area contributed by atoms with Gasteiger partial charge in [-0.3, -0.25) is 29.8 Å². The number of benzene rings is 6. The average molecular weight is 1820 g/mol. The molecule has 3 heterocycles. The van der Waals surface area contributed by atoms with Crippen molar-refractivity contribution >= 4 is 162 Å². The fraction of sp³-hybridized carbons (Fsp3) is 0.420. The molecule has 0 saturated carbocycles. The number of nitrogens with zero attached hydrogens (tertiary/aromatic N) is 6. The molecule has 0 aliphatic carbocycles. The summed E-state index contributed by atoms with van der Waals surface area (Å²) >= 11 is 25.8. The summed E-state index contributed by atoms with van der Waals surface area (Å²) in [4.78, 5) is 138. The lowest BCUT2D eigenvalue weighted by atomic mass is 10.0. The molecular formula is C88H119Cl4N11O18S2. The van der Waals surface area contributed by atoms with Crippen LogP contribution in [0.4, 0.5) is 36.2 Å². The van der Waals surface area contributed by atoms with Crippen LogP contribution in [0.15, 0.2) is 150 Å². The number of ketones is 2. The maximum absolute atomic E-state index is 13.3. The smallest absolute Gasteiger partial charge is 0.437 e. The average Bonchev–Trinajstić information content (AvgIpc) is 0.927. The van der Waals surface area contributed by atoms with Crippen LogP contribution in [-0.4, -0.2) is 169 Å². The number of hydrogen-bond acceptors (Lipinski definition) is 22. The van der Waals surface area contributed by atoms with Crippen molar-refractivity contribution in [3.63, 3.8) is 0 Å². The van der Waals surface area contributed by atoms with Gasteiger partial charge < -0.3 is 64.1 Å². The van der Waals surface area contributed by atoms with E-state index < -0.39 is 82.6 Å². The molecule has 35 heteroatoms. The summed E-state index contributed by atoms with van der Waals surface area (Å²) in [5.74, 6) is -1.65. The largest absolute Gasteiger partial charge is 0.490 e. The van der Waals surface area contributed by atoms with Gasteiger partial charge in [-0.2, -0.15) is 37.1 Å². The van der Waals surface area contributed by atoms with Crippen LogP contribution in [-0.2, 0) is 54.0 Å². The predicted molar refractivity (Wildman–Crippen MR) is 496 cm³/mol. The zero-order chi connectivity index (χ0) is 86.1. The molecule has 29 nitrogen and oxygen atoms in total. The van der Waals surface area contributed by atoms with Gasteiger partial charge in [0.25, 0.3) is 11.8 Å². The topological polar surface area (TPSA) is 368 Å². The number of nitrogens with two attached hydrogens (primary N) is 1. The van der Waals surface area contributed by atoms with Gasteiger partial charge in [0.2, 0.25) is 5.96 Å². The lowest BCUT2D eigenvalue weighted by Gasteiger charge is -2.31. The molecule has 7 aromatic rings. The minimum Gasteiger partial charge on any atom is -0.490 e. The van der Waals surface area contributed by atoms with Gasteiger partial charge in [-0.15, -0.1) is 4.99 Å². The number of halogens is 4. The number of nitrogens with one attached hydrogen (secondary N) is 4. The number of Topliss-reactive ketones (excluding diaryl/α,β-unsaturated/α-hetero) is 2. The second-order valence-corrected chi connectivity index (χ2v) is 32.3. The van der Waals surface area contributed by atoms with Crippen molar-refractivity contribution in [3.8, 4) is 33.8 Å². The fourth-order valence-electron chi connectivity index (χ4n) is 11.4. The predicted octanol–water partition coefficient (Wildman–Crippen LogP) is 18.4. The molecule has 0 spiro atoms. The highest BCUT2D eigenvalue weighted by atomic mass is 35.5. The number of methoxy groups -OCH3 is 2. The molecule has 0 unspecified atom stereocenters. The van der Waals surface area contributed by atoms with E-state index in [0.29, 0.717) is 62.1 Å². The van der Waals surface area contributed by atoms with Gasteiger partial charge in [-0.25, -0.2) is 33.4 Å². The van der Waals surface area contributed by atoms with Crippen LogP contribution in [0, 0.1) is 0 Å². The quantitative estimate of drug-likeness (QED) is 0.0138. The van der Waals surface area contributed by atoms with Crippen molar-refractivity contribution in [2.45, 2.75) is 192 Å². The van der Waals surface area contributed by atoms with E-state index in [1.807, 2.05) is 83.8 Å². The Hall–Kier alpha value is -10.6. The number of fused-ring (bicyclic) bond motifs is 2. The monoisotopic (exact) mass is 1820 g/mol. The number of anilines is 3. The summed E-state index contributed by atoms with van der Waals surface area (Å²) in [6, 6.07) is 35.7. The third kappa shape index (κ3) is 36.8. The maximum Gasteiger partial charge on any atom is 0.437 e. The fourth-order valence-corrected chi connectivity index (χ4v) is 12.7. The van der Waals surface area contributed by atoms with E-state index in [4.69, 9.17) is 90.0 Å². The first-order chi connectivity index (χ1) is 55.0. The number of rotatable bonds is 22. The molecule has 0 bridgehead atoms. The van der Waals surface area contributed by atoms with Gasteiger partial charge in [0, 0.05) is 63.3 Å². The van der Waals surface area contributed by atoms with Crippen LogP contribution in [0.25, 0.3) is 22.3 Å². The van der Waals surface area contributed by atoms with Gasteiger partial charge in [-0.05, 0) is 184 Å². The van der Waals surface area contributed by atoms with Crippen LogP contribution in [0.1, 0.15) is 178 Å². The third-order valence-corrected chi connectivity index (χ3v) is 17.8. The molecule has 1 aromatic heterocycles. The molecule has 6 amide bonds. The third-order valence-electron chi connectivity index (χ3n) is 16.6. The normalized spacial score (nSPS) is 12.6. The number of aromatic nitrogens is 2. The van der Waals surface area contributed by atoms with Crippen LogP contribution in [0.2, 0.25) is 20.1 Å². The first-order valence-electron chi connectivity index (χ1n) is 37.3. The van der Waals surface area contributed by atoms with E-state index in [1.54, 1.807) is 132 Å². The van der Waals surface area contributed by atoms with Gasteiger partial charge in [-0.1, -0.05) is 143 Å². The molecule has 6 N–H and O–H groups in total. The highest BCUT2D eigenvalue weighted by molar-refractivity contribution is 7.59. The van der Waals surface area contributed by atoms with Gasteiger partial charge >= 0.3 is 36.3 Å². The molecule has 0 saturated heterocycles. The summed E-state index contributed by atoms with van der Waals surface area (Å²) in [5, 5.41) is 14.6. The van der Waals surface area contributed by atoms with Crippen molar-refractivity contribution in [2.75, 3.05) is 69.1 Å². The summed E-state index contributed by atoms with van der Waals surface area (Å²) in [6.07, 6.45) is 0.335. The van der Waals surface area contributed by atoms with Gasteiger partial charge in [0.1, 0.15) is 76.6 Å². The molecule has 2 aliphatic heterocycles. The number of amides is 6. The van der Waals surface area contributed by atoms with Crippen LogP contribution >= 0.6 is 73.4 Å². The van der Waals surface area contributed by atoms with Crippen molar-refractivity contribution in [2.24, 2.45) is 9.98 Å². The number of ether oxygens (including phenoxy) is 8. The van der Waals surface area contributed by atoms with Crippen molar-refractivity contribution in [3.05, 3.63) is 177 Å². The van der Waals surface area contributed by atoms with Gasteiger partial charge in [0.15, 0.2) is 0 Å². The highest BCUT2D eigenvalue weighted by Gasteiger charge is 2.31. The van der Waals surface area contributed by atoms with Crippen LogP contribution in [0.3, 0.4) is 0 Å². The number of alkyl carbamates (subject to hydrolysis) is 2. The van der Waals surface area contributed by atoms with Crippen molar-refractivity contribution in [1.82, 2.24) is 31.0 Å². The summed E-state index contributed by atoms with van der Waals surface area (Å²) < 4.78 is 43.5. The summed E-state index contributed by atoms with van der Waals surface area (Å²) in [6.45, 7) is 23.5. The molecule has 123 heavy (non-hydrogen) atoms. The summed E-state index contributed by atoms with van der Waals surface area (Å²) in [5.41, 5.74) is 9.10. The van der Waals surface area contributed by atoms with Crippen LogP contribution in [0.5, 0.6) is 11.5 Å². The molecule has 9 rings (SSSR count). The molecule has 6 aromatic carbocycles. The van der Waals surface area contributed by atoms with E-state index >= 15 is 0 Å². The lowest BCUT2D eigenvalue weighted by Crippen LogP contribution is -2.42. The number of aliphatic imine (C=N–C) groups is 2. The number of amidine groups is 1. The Morgan fingerprint density at radius 1 is 0.488 bits per heavy atom. The second-order valence-electron chi connectivity index (χ2n) is 30.7. The molecule has 674 valence electrons. The maximum atomic E-state index is 13.3. The Balaban J connectivity index is 0.000000983. The van der Waals surface area contributed by atoms with E-state index in [9.17, 15) is 47.9 Å². The standard InChI is InChI=1S/C41H48Cl2N4O9.C29H29Cl2N3O5.C14H22N4O4.4CH4.2H2S/c1-40(2,3)55-38(51)45-34(46-39(52)56-41(4,5)6)22-25-13-16-33-32(21-25)47(19-20-54-33)18-17-28(48)14-15-31(37(50)53-7)44-36(49)35-29(42)23-27(24-30(35)43)26-11-9-8-10-12-26;1-38-29(37)24(9-8-21(35)11-12-34-13-14-39-26-10-7-20(32)17-25(26)34)33-28(36)27-22(30)15-19(16-23(27)31)18-5-3-2-4-6-18;1-13(2,3)21-11(19)16-10(18-9-7-8-15-18)17-12(20)22-14(4,5)6;;;;;;/h8-13,16,21,23-24,31H,14-15,17-20,22H2,1-7H3,(H,44,49)(H,45,46,51,52);2-7,10,15-17,24H,8-9,11-14,32H2,1H3,(H,33,36);7-9H,1-6H3,(H,16,17,19,20);4*1H4;2*1H2/t31-;24-;;;;;;;/m00......./s1. The number of hydrogen-bond donors (Lipinski definition) is 5. The Labute approximate surface area is 755 Å². The lowest BCUT2D eigenvalue weighted by molar-refractivity contribution is -0.144. The highest BCUT2D eigenvalue weighted by Crippen LogP contribution is 2.37. The van der Waals surface area contributed by atoms with Crippen molar-refractivity contribution in [1.29, 1.82) is 0 Å². The minimum atomic E-state index is -1.13. The molecule has 0 radical (unpaired) electrons. The molecule has 0 fully saturated rings. The SMILES string of the molecule is C.C.C.C.CC(C)(C)OC(=O)N=C(NC(=O)OC(C)(C)C)n1cccn1.COC(=O)[C@H](CCC(=O)CCN1CCOc2ccc(CC(=NC(=O)OC(C)(C)C)NC(=O)OC(C)(C)C)cc21)NC(=O)c1c(Cl)cc(-c2ccccc2)cc1Cl.COC(=O)[C@H](CCC(=O)CCN1CCOc2ccc(N)cc21)NC(=O)c1c(Cl)cc(-c2ccccc2)cc1Cl.S.S. The number of nitrogen functional groups attached to an aromatic ring is 1. The first-order valence-corrected chi connectivity index (χ1v) is 38.9.